The molecule has 1 rings (SSSR count). The van der Waals surface area contributed by atoms with Crippen LogP contribution >= 0.6 is 0 Å². The second-order valence-corrected chi connectivity index (χ2v) is 2.41. The van der Waals surface area contributed by atoms with Gasteiger partial charge in [-0.2, -0.15) is 9.36 Å². The number of rotatable bonds is 0. The van der Waals surface area contributed by atoms with Gasteiger partial charge in [0.15, 0.2) is 0 Å². The number of aryl methyl sites for hydroxylation is 2. The van der Waals surface area contributed by atoms with Gasteiger partial charge in [-0.3, -0.25) is 0 Å². The first kappa shape index (κ1) is 6.99. The molecule has 0 amide bonds. The second kappa shape index (κ2) is 2.25. The van der Waals surface area contributed by atoms with Crippen LogP contribution in [-0.2, 0) is 14.1 Å². The number of hydrogen-bond donors (Lipinski definition) is 0. The first-order chi connectivity index (χ1) is 4.63. The molecule has 1 aromatic rings. The molecule has 3 nitrogen and oxygen atoms in total. The van der Waals surface area contributed by atoms with Gasteiger partial charge in [0.2, 0.25) is 0 Å². The van der Waals surface area contributed by atoms with Crippen molar-refractivity contribution in [2.45, 2.75) is 6.92 Å². The third kappa shape index (κ3) is 0.943. The summed E-state index contributed by atoms with van der Waals surface area (Å²) in [5, 5.41) is 0. The minimum absolute atomic E-state index is 0.0139. The van der Waals surface area contributed by atoms with Crippen LogP contribution in [0.3, 0.4) is 0 Å². The van der Waals surface area contributed by atoms with Crippen molar-refractivity contribution in [2.75, 3.05) is 0 Å². The lowest BCUT2D eigenvalue weighted by Gasteiger charge is -1.94. The van der Waals surface area contributed by atoms with Crippen LogP contribution in [-0.4, -0.2) is 4.57 Å². The van der Waals surface area contributed by atoms with Crippen LogP contribution in [0.2, 0.25) is 0 Å². The number of hydrogen-bond acceptors (Lipinski definition) is 1. The van der Waals surface area contributed by atoms with E-state index in [2.05, 4.69) is 0 Å². The Labute approximate surface area is 59.5 Å². The lowest BCUT2D eigenvalue weighted by atomic mass is 10.4. The molecule has 0 aliphatic rings. The minimum atomic E-state index is 0.0139. The molecule has 0 aromatic carbocycles. The highest BCUT2D eigenvalue weighted by molar-refractivity contribution is 4.93. The van der Waals surface area contributed by atoms with Gasteiger partial charge in [0.05, 0.1) is 20.3 Å². The Balaban J connectivity index is 3.50. The summed E-state index contributed by atoms with van der Waals surface area (Å²) in [5.74, 6) is 0. The highest BCUT2D eigenvalue weighted by Crippen LogP contribution is 1.84. The summed E-state index contributed by atoms with van der Waals surface area (Å²) in [6.45, 7) is 1.90. The fourth-order valence-corrected chi connectivity index (χ4v) is 0.783. The van der Waals surface area contributed by atoms with Gasteiger partial charge in [-0.1, -0.05) is 0 Å². The molecule has 10 heavy (non-hydrogen) atoms. The minimum Gasteiger partial charge on any atom is -0.201 e. The monoisotopic (exact) mass is 139 g/mol. The molecule has 0 N–H and O–H groups in total. The maximum Gasteiger partial charge on any atom is 0.497 e. The number of aromatic nitrogens is 2. The maximum atomic E-state index is 11.1. The van der Waals surface area contributed by atoms with E-state index in [1.54, 1.807) is 29.4 Å². The Morgan fingerprint density at radius 3 is 2.70 bits per heavy atom. The van der Waals surface area contributed by atoms with Gasteiger partial charge >= 0.3 is 5.69 Å². The quantitative estimate of drug-likeness (QED) is 0.446. The average molecular weight is 139 g/mol. The zero-order valence-electron chi connectivity index (χ0n) is 6.46. The summed E-state index contributed by atoms with van der Waals surface area (Å²) in [4.78, 5) is 11.1. The van der Waals surface area contributed by atoms with E-state index in [-0.39, 0.29) is 5.69 Å². The van der Waals surface area contributed by atoms with E-state index in [1.165, 1.54) is 0 Å². The smallest absolute Gasteiger partial charge is 0.201 e. The Bertz CT molecular complexity index is 301. The summed E-state index contributed by atoms with van der Waals surface area (Å²) in [6.07, 6.45) is 1.76. The molecule has 0 atom stereocenters. The van der Waals surface area contributed by atoms with E-state index in [9.17, 15) is 4.79 Å². The SMILES string of the molecule is Cc1cc[n+](C)c(=O)n1C. The highest BCUT2D eigenvalue weighted by atomic mass is 16.1. The van der Waals surface area contributed by atoms with Crippen LogP contribution in [0.25, 0.3) is 0 Å². The Hall–Kier alpha value is -1.12. The lowest BCUT2D eigenvalue weighted by Crippen LogP contribution is -2.50. The number of nitrogens with zero attached hydrogens (tertiary/aromatic N) is 2. The molecular formula is C7H11N2O+. The van der Waals surface area contributed by atoms with Crippen molar-refractivity contribution in [1.29, 1.82) is 0 Å². The molecule has 0 aliphatic heterocycles. The van der Waals surface area contributed by atoms with Gasteiger partial charge in [-0.05, 0) is 6.92 Å². The third-order valence-corrected chi connectivity index (χ3v) is 1.66. The summed E-state index contributed by atoms with van der Waals surface area (Å²) in [6, 6.07) is 1.90. The van der Waals surface area contributed by atoms with Crippen molar-refractivity contribution in [1.82, 2.24) is 4.57 Å². The van der Waals surface area contributed by atoms with Crippen molar-refractivity contribution in [2.24, 2.45) is 14.1 Å². The zero-order valence-corrected chi connectivity index (χ0v) is 6.46. The van der Waals surface area contributed by atoms with Crippen molar-refractivity contribution in [3.63, 3.8) is 0 Å². The van der Waals surface area contributed by atoms with E-state index in [0.29, 0.717) is 0 Å². The van der Waals surface area contributed by atoms with Gasteiger partial charge in [-0.15, -0.1) is 0 Å². The van der Waals surface area contributed by atoms with Gasteiger partial charge < -0.3 is 0 Å². The molecule has 0 fully saturated rings. The molecule has 0 aliphatic carbocycles. The van der Waals surface area contributed by atoms with Crippen LogP contribution in [0.4, 0.5) is 0 Å². The van der Waals surface area contributed by atoms with Gasteiger partial charge in [-0.25, -0.2) is 4.57 Å². The predicted octanol–water partition coefficient (Wildman–Crippen LogP) is -0.482. The predicted molar refractivity (Wildman–Crippen MR) is 37.6 cm³/mol. The van der Waals surface area contributed by atoms with Crippen LogP contribution in [0.5, 0.6) is 0 Å². The first-order valence-corrected chi connectivity index (χ1v) is 3.15. The van der Waals surface area contributed by atoms with Gasteiger partial charge in [0.1, 0.15) is 5.69 Å². The molecule has 3 heteroatoms. The lowest BCUT2D eigenvalue weighted by molar-refractivity contribution is -0.691. The molecule has 0 bridgehead atoms. The van der Waals surface area contributed by atoms with E-state index in [1.807, 2.05) is 13.0 Å². The second-order valence-electron chi connectivity index (χ2n) is 2.41. The van der Waals surface area contributed by atoms with Crippen molar-refractivity contribution >= 4 is 0 Å². The van der Waals surface area contributed by atoms with Crippen LogP contribution in [0.1, 0.15) is 5.69 Å². The Morgan fingerprint density at radius 1 is 1.60 bits per heavy atom. The molecule has 1 heterocycles. The molecule has 1 aromatic heterocycles. The fraction of sp³-hybridized carbons (Fsp3) is 0.429. The largest absolute Gasteiger partial charge is 0.497 e. The van der Waals surface area contributed by atoms with Gasteiger partial charge in [0, 0.05) is 6.07 Å². The maximum absolute atomic E-state index is 11.1. The van der Waals surface area contributed by atoms with E-state index < -0.39 is 0 Å². The zero-order chi connectivity index (χ0) is 7.72. The molecule has 0 unspecified atom stereocenters. The van der Waals surface area contributed by atoms with Crippen molar-refractivity contribution in [3.8, 4) is 0 Å². The standard InChI is InChI=1S/C7H11N2O/c1-6-4-5-8(2)7(10)9(6)3/h4-5H,1-3H3/q+1. The van der Waals surface area contributed by atoms with Crippen LogP contribution in [0.15, 0.2) is 17.1 Å². The van der Waals surface area contributed by atoms with Gasteiger partial charge in [0.25, 0.3) is 0 Å². The van der Waals surface area contributed by atoms with E-state index >= 15 is 0 Å². The van der Waals surface area contributed by atoms with E-state index in [4.69, 9.17) is 0 Å². The fourth-order valence-electron chi connectivity index (χ4n) is 0.783. The van der Waals surface area contributed by atoms with Crippen LogP contribution in [0, 0.1) is 6.92 Å². The van der Waals surface area contributed by atoms with E-state index in [0.717, 1.165) is 5.69 Å². The Morgan fingerprint density at radius 2 is 2.20 bits per heavy atom. The molecule has 0 saturated carbocycles. The highest BCUT2D eigenvalue weighted by Gasteiger charge is 2.03. The first-order valence-electron chi connectivity index (χ1n) is 3.15. The van der Waals surface area contributed by atoms with Crippen molar-refractivity contribution < 1.29 is 4.57 Å². The molecule has 54 valence electrons. The summed E-state index contributed by atoms with van der Waals surface area (Å²) in [7, 11) is 3.50. The van der Waals surface area contributed by atoms with Crippen LogP contribution < -0.4 is 10.3 Å². The molecule has 0 radical (unpaired) electrons. The molecular weight excluding hydrogens is 128 g/mol. The topological polar surface area (TPSA) is 25.9 Å². The molecule has 0 saturated heterocycles. The third-order valence-electron chi connectivity index (χ3n) is 1.66. The Kier molecular flexibility index (Phi) is 1.57. The average Bonchev–Trinajstić information content (AvgIpc) is 1.93. The summed E-state index contributed by atoms with van der Waals surface area (Å²) >= 11 is 0. The van der Waals surface area contributed by atoms with Crippen molar-refractivity contribution in [3.05, 3.63) is 28.4 Å². The summed E-state index contributed by atoms with van der Waals surface area (Å²) < 4.78 is 3.16. The normalized spacial score (nSPS) is 9.90. The molecule has 0 spiro atoms. The summed E-state index contributed by atoms with van der Waals surface area (Å²) in [5.41, 5.74) is 0.989.